The Labute approximate surface area is 123 Å². The summed E-state index contributed by atoms with van der Waals surface area (Å²) in [5, 5.41) is 0. The molecule has 0 spiro atoms. The van der Waals surface area contributed by atoms with Crippen LogP contribution in [-0.2, 0) is 19.1 Å². The van der Waals surface area contributed by atoms with Gasteiger partial charge >= 0.3 is 11.9 Å². The number of carbonyl (C=O) groups excluding carboxylic acids is 2. The van der Waals surface area contributed by atoms with Crippen LogP contribution < -0.4 is 0 Å². The number of carbonyl (C=O) groups is 2. The summed E-state index contributed by atoms with van der Waals surface area (Å²) < 4.78 is 10.2. The first-order valence-electron chi connectivity index (χ1n) is 7.80. The summed E-state index contributed by atoms with van der Waals surface area (Å²) in [5.74, 6) is 0.0492. The Balaban J connectivity index is 3.63. The highest BCUT2D eigenvalue weighted by Gasteiger charge is 2.12. The van der Waals surface area contributed by atoms with E-state index in [1.165, 1.54) is 0 Å². The molecule has 20 heavy (non-hydrogen) atoms. The number of unbranched alkanes of at least 4 members (excludes halogenated alkanes) is 1. The van der Waals surface area contributed by atoms with E-state index in [1.54, 1.807) is 0 Å². The molecule has 0 bridgehead atoms. The molecule has 0 aliphatic rings. The van der Waals surface area contributed by atoms with Crippen molar-refractivity contribution in [1.29, 1.82) is 0 Å². The summed E-state index contributed by atoms with van der Waals surface area (Å²) in [6.07, 6.45) is 5.09. The third-order valence-corrected chi connectivity index (χ3v) is 3.02. The molecule has 0 aliphatic carbocycles. The van der Waals surface area contributed by atoms with Gasteiger partial charge in [-0.05, 0) is 32.1 Å². The lowest BCUT2D eigenvalue weighted by atomic mass is 10.0. The fourth-order valence-corrected chi connectivity index (χ4v) is 1.76. The first-order valence-corrected chi connectivity index (χ1v) is 7.80. The molecule has 0 saturated heterocycles. The minimum Gasteiger partial charge on any atom is -0.466 e. The van der Waals surface area contributed by atoms with Crippen LogP contribution in [0.25, 0.3) is 0 Å². The van der Waals surface area contributed by atoms with Gasteiger partial charge in [-0.1, -0.05) is 33.6 Å². The molecule has 0 heterocycles. The third-order valence-electron chi connectivity index (χ3n) is 3.02. The van der Waals surface area contributed by atoms with Crippen LogP contribution in [0.15, 0.2) is 0 Å². The Hall–Kier alpha value is -1.06. The van der Waals surface area contributed by atoms with Crippen LogP contribution in [-0.4, -0.2) is 24.6 Å². The minimum absolute atomic E-state index is 0.0719. The number of ether oxygens (including phenoxy) is 2. The summed E-state index contributed by atoms with van der Waals surface area (Å²) in [6, 6.07) is 0. The predicted octanol–water partition coefficient (Wildman–Crippen LogP) is 3.87. The molecule has 118 valence electrons. The lowest BCUT2D eigenvalue weighted by Gasteiger charge is -2.13. The second-order valence-corrected chi connectivity index (χ2v) is 5.70. The molecule has 0 N–H and O–H groups in total. The summed E-state index contributed by atoms with van der Waals surface area (Å²) in [4.78, 5) is 22.9. The van der Waals surface area contributed by atoms with E-state index in [0.29, 0.717) is 12.5 Å². The van der Waals surface area contributed by atoms with Crippen molar-refractivity contribution in [3.8, 4) is 0 Å². The maximum Gasteiger partial charge on any atom is 0.306 e. The highest BCUT2D eigenvalue weighted by molar-refractivity contribution is 5.77. The zero-order valence-corrected chi connectivity index (χ0v) is 13.4. The van der Waals surface area contributed by atoms with Crippen molar-refractivity contribution < 1.29 is 19.1 Å². The molecule has 0 radical (unpaired) electrons. The second-order valence-electron chi connectivity index (χ2n) is 5.70. The molecule has 1 atom stereocenters. The van der Waals surface area contributed by atoms with Crippen molar-refractivity contribution in [2.45, 2.75) is 78.7 Å². The number of esters is 2. The molecule has 0 rings (SSSR count). The molecule has 4 heteroatoms. The normalized spacial score (nSPS) is 12.2. The van der Waals surface area contributed by atoms with Crippen molar-refractivity contribution in [1.82, 2.24) is 0 Å². The van der Waals surface area contributed by atoms with Crippen LogP contribution in [0, 0.1) is 5.92 Å². The van der Waals surface area contributed by atoms with Crippen molar-refractivity contribution in [2.75, 3.05) is 6.61 Å². The van der Waals surface area contributed by atoms with Gasteiger partial charge in [-0.3, -0.25) is 9.59 Å². The average molecular weight is 286 g/mol. The Kier molecular flexibility index (Phi) is 11.1. The highest BCUT2D eigenvalue weighted by Crippen LogP contribution is 2.11. The van der Waals surface area contributed by atoms with E-state index in [1.807, 2.05) is 13.8 Å². The van der Waals surface area contributed by atoms with Gasteiger partial charge in [0.15, 0.2) is 0 Å². The molecule has 0 fully saturated rings. The van der Waals surface area contributed by atoms with Crippen LogP contribution in [0.1, 0.15) is 72.6 Å². The summed E-state index contributed by atoms with van der Waals surface area (Å²) in [6.45, 7) is 8.74. The molecule has 0 aliphatic heterocycles. The summed E-state index contributed by atoms with van der Waals surface area (Å²) in [7, 11) is 0. The maximum atomic E-state index is 11.6. The van der Waals surface area contributed by atoms with Gasteiger partial charge in [0.2, 0.25) is 0 Å². The van der Waals surface area contributed by atoms with Crippen LogP contribution in [0.5, 0.6) is 0 Å². The van der Waals surface area contributed by atoms with Crippen molar-refractivity contribution in [3.05, 3.63) is 0 Å². The standard InChI is InChI=1S/C16H30O4/c1-5-6-12-19-15(17)10-11-16(18)20-14(4)9-7-8-13(2)3/h13-14H,5-12H2,1-4H3. The fourth-order valence-electron chi connectivity index (χ4n) is 1.76. The van der Waals surface area contributed by atoms with Crippen LogP contribution in [0.2, 0.25) is 0 Å². The second kappa shape index (κ2) is 11.7. The quantitative estimate of drug-likeness (QED) is 0.427. The smallest absolute Gasteiger partial charge is 0.306 e. The van der Waals surface area contributed by atoms with E-state index in [4.69, 9.17) is 9.47 Å². The van der Waals surface area contributed by atoms with Crippen molar-refractivity contribution in [3.63, 3.8) is 0 Å². The Bertz CT molecular complexity index is 274. The molecular formula is C16H30O4. The minimum atomic E-state index is -0.317. The SMILES string of the molecule is CCCCOC(=O)CCC(=O)OC(C)CCCC(C)C. The monoisotopic (exact) mass is 286 g/mol. The Morgan fingerprint density at radius 3 is 2.20 bits per heavy atom. The van der Waals surface area contributed by atoms with Gasteiger partial charge in [0.25, 0.3) is 0 Å². The van der Waals surface area contributed by atoms with Crippen LogP contribution >= 0.6 is 0 Å². The molecule has 0 aromatic rings. The average Bonchev–Trinajstić information content (AvgIpc) is 2.36. The van der Waals surface area contributed by atoms with E-state index in [0.717, 1.165) is 32.1 Å². The number of rotatable bonds is 11. The fraction of sp³-hybridized carbons (Fsp3) is 0.875. The lowest BCUT2D eigenvalue weighted by Crippen LogP contribution is -2.16. The van der Waals surface area contributed by atoms with E-state index in [2.05, 4.69) is 13.8 Å². The topological polar surface area (TPSA) is 52.6 Å². The van der Waals surface area contributed by atoms with E-state index in [-0.39, 0.29) is 30.9 Å². The van der Waals surface area contributed by atoms with E-state index >= 15 is 0 Å². The van der Waals surface area contributed by atoms with Crippen molar-refractivity contribution >= 4 is 11.9 Å². The Morgan fingerprint density at radius 2 is 1.60 bits per heavy atom. The zero-order valence-electron chi connectivity index (χ0n) is 13.4. The predicted molar refractivity (Wildman–Crippen MR) is 79.3 cm³/mol. The third kappa shape index (κ3) is 12.0. The number of hydrogen-bond acceptors (Lipinski definition) is 4. The lowest BCUT2D eigenvalue weighted by molar-refractivity contribution is -0.153. The molecule has 0 aromatic carbocycles. The first-order chi connectivity index (χ1) is 9.45. The van der Waals surface area contributed by atoms with Gasteiger partial charge in [-0.2, -0.15) is 0 Å². The zero-order chi connectivity index (χ0) is 15.4. The Morgan fingerprint density at radius 1 is 0.950 bits per heavy atom. The molecule has 1 unspecified atom stereocenters. The summed E-state index contributed by atoms with van der Waals surface area (Å²) in [5.41, 5.74) is 0. The van der Waals surface area contributed by atoms with Crippen LogP contribution in [0.3, 0.4) is 0 Å². The molecule has 0 saturated carbocycles. The van der Waals surface area contributed by atoms with Gasteiger partial charge in [0.05, 0.1) is 25.6 Å². The first kappa shape index (κ1) is 18.9. The largest absolute Gasteiger partial charge is 0.466 e. The highest BCUT2D eigenvalue weighted by atomic mass is 16.5. The van der Waals surface area contributed by atoms with E-state index < -0.39 is 0 Å². The van der Waals surface area contributed by atoms with Crippen molar-refractivity contribution in [2.24, 2.45) is 5.92 Å². The maximum absolute atomic E-state index is 11.6. The van der Waals surface area contributed by atoms with Gasteiger partial charge in [0.1, 0.15) is 0 Å². The molecular weight excluding hydrogens is 256 g/mol. The number of hydrogen-bond donors (Lipinski definition) is 0. The summed E-state index contributed by atoms with van der Waals surface area (Å²) >= 11 is 0. The molecule has 0 amide bonds. The van der Waals surface area contributed by atoms with Gasteiger partial charge in [0, 0.05) is 0 Å². The van der Waals surface area contributed by atoms with E-state index in [9.17, 15) is 9.59 Å². The molecule has 0 aromatic heterocycles. The molecule has 4 nitrogen and oxygen atoms in total. The van der Waals surface area contributed by atoms with Gasteiger partial charge < -0.3 is 9.47 Å². The van der Waals surface area contributed by atoms with Crippen LogP contribution in [0.4, 0.5) is 0 Å². The van der Waals surface area contributed by atoms with Gasteiger partial charge in [-0.25, -0.2) is 0 Å². The van der Waals surface area contributed by atoms with Gasteiger partial charge in [-0.15, -0.1) is 0 Å².